The number of halogens is 3. The van der Waals surface area contributed by atoms with Crippen molar-refractivity contribution in [1.82, 2.24) is 24.1 Å². The molecular formula is C17H9F3N6. The Morgan fingerprint density at radius 3 is 2.50 bits per heavy atom. The maximum Gasteiger partial charge on any atom is 0.433 e. The number of hydrogen-bond acceptors (Lipinski definition) is 4. The number of nitriles is 1. The van der Waals surface area contributed by atoms with E-state index in [1.165, 1.54) is 0 Å². The Balaban J connectivity index is 1.87. The average Bonchev–Trinajstić information content (AvgIpc) is 3.29. The lowest BCUT2D eigenvalue weighted by molar-refractivity contribution is -0.142. The van der Waals surface area contributed by atoms with E-state index in [0.717, 1.165) is 18.0 Å². The smallest absolute Gasteiger partial charge is 0.306 e. The zero-order valence-electron chi connectivity index (χ0n) is 13.0. The van der Waals surface area contributed by atoms with Crippen molar-refractivity contribution < 1.29 is 13.2 Å². The Hall–Kier alpha value is -3.67. The highest BCUT2D eigenvalue weighted by atomic mass is 19.4. The molecule has 0 saturated carbocycles. The molecule has 0 radical (unpaired) electrons. The summed E-state index contributed by atoms with van der Waals surface area (Å²) in [5, 5.41) is 12.7. The number of fused-ring (bicyclic) bond motifs is 1. The number of alkyl halides is 3. The summed E-state index contributed by atoms with van der Waals surface area (Å²) in [6.07, 6.45) is 1.44. The molecule has 0 spiro atoms. The van der Waals surface area contributed by atoms with Crippen LogP contribution in [-0.2, 0) is 6.18 Å². The van der Waals surface area contributed by atoms with Crippen LogP contribution in [0, 0.1) is 11.3 Å². The van der Waals surface area contributed by atoms with Crippen molar-refractivity contribution in [1.29, 1.82) is 5.26 Å². The lowest BCUT2D eigenvalue weighted by Crippen LogP contribution is -2.13. The topological polar surface area (TPSA) is 71.8 Å². The van der Waals surface area contributed by atoms with Crippen molar-refractivity contribution in [2.24, 2.45) is 0 Å². The Morgan fingerprint density at radius 1 is 1.12 bits per heavy atom. The molecule has 0 aliphatic heterocycles. The normalized spacial score (nSPS) is 11.6. The van der Waals surface area contributed by atoms with Gasteiger partial charge in [0.15, 0.2) is 11.3 Å². The molecule has 3 aromatic heterocycles. The SMILES string of the molecule is N#Cc1cnn2c(C(F)(F)F)cc(-c3ccc(-n4ccnc4)cc3)nc12. The third-order valence-corrected chi connectivity index (χ3v) is 3.85. The van der Waals surface area contributed by atoms with E-state index >= 15 is 0 Å². The van der Waals surface area contributed by atoms with Gasteiger partial charge in [-0.3, -0.25) is 0 Å². The largest absolute Gasteiger partial charge is 0.433 e. The summed E-state index contributed by atoms with van der Waals surface area (Å²) in [7, 11) is 0. The van der Waals surface area contributed by atoms with Crippen molar-refractivity contribution in [3.05, 3.63) is 66.5 Å². The molecule has 0 aliphatic carbocycles. The van der Waals surface area contributed by atoms with Gasteiger partial charge in [-0.2, -0.15) is 23.5 Å². The maximum absolute atomic E-state index is 13.4. The minimum Gasteiger partial charge on any atom is -0.306 e. The maximum atomic E-state index is 13.4. The van der Waals surface area contributed by atoms with Crippen molar-refractivity contribution in [3.63, 3.8) is 0 Å². The van der Waals surface area contributed by atoms with E-state index in [0.29, 0.717) is 10.1 Å². The van der Waals surface area contributed by atoms with E-state index < -0.39 is 11.9 Å². The second-order valence-corrected chi connectivity index (χ2v) is 5.45. The van der Waals surface area contributed by atoms with Crippen molar-refractivity contribution >= 4 is 5.65 Å². The van der Waals surface area contributed by atoms with Crippen LogP contribution in [0.4, 0.5) is 13.2 Å². The fourth-order valence-corrected chi connectivity index (χ4v) is 2.61. The van der Waals surface area contributed by atoms with Gasteiger partial charge < -0.3 is 4.57 Å². The lowest BCUT2D eigenvalue weighted by atomic mass is 10.1. The van der Waals surface area contributed by atoms with Gasteiger partial charge in [0.1, 0.15) is 11.6 Å². The molecule has 4 rings (SSSR count). The first-order valence-corrected chi connectivity index (χ1v) is 7.42. The van der Waals surface area contributed by atoms with Crippen LogP contribution < -0.4 is 0 Å². The van der Waals surface area contributed by atoms with E-state index in [2.05, 4.69) is 15.1 Å². The summed E-state index contributed by atoms with van der Waals surface area (Å²) in [5.41, 5.74) is 0.275. The van der Waals surface area contributed by atoms with Crippen molar-refractivity contribution in [2.45, 2.75) is 6.18 Å². The average molecular weight is 354 g/mol. The first-order chi connectivity index (χ1) is 12.5. The molecule has 0 fully saturated rings. The molecule has 1 aromatic carbocycles. The van der Waals surface area contributed by atoms with E-state index in [4.69, 9.17) is 5.26 Å². The Bertz CT molecular complexity index is 1120. The zero-order chi connectivity index (χ0) is 18.3. The van der Waals surface area contributed by atoms with Crippen LogP contribution in [0.1, 0.15) is 11.3 Å². The van der Waals surface area contributed by atoms with E-state index in [1.807, 2.05) is 6.07 Å². The summed E-state index contributed by atoms with van der Waals surface area (Å²) in [5.74, 6) is 0. The number of aromatic nitrogens is 5. The minimum atomic E-state index is -4.63. The van der Waals surface area contributed by atoms with Gasteiger partial charge in [0.25, 0.3) is 0 Å². The van der Waals surface area contributed by atoms with Gasteiger partial charge in [-0.05, 0) is 18.2 Å². The monoisotopic (exact) mass is 354 g/mol. The summed E-state index contributed by atoms with van der Waals surface area (Å²) in [6.45, 7) is 0. The van der Waals surface area contributed by atoms with Gasteiger partial charge in [-0.1, -0.05) is 12.1 Å². The summed E-state index contributed by atoms with van der Waals surface area (Å²) in [6, 6.07) is 9.56. The van der Waals surface area contributed by atoms with Gasteiger partial charge in [0.2, 0.25) is 0 Å². The molecule has 0 atom stereocenters. The van der Waals surface area contributed by atoms with Gasteiger partial charge in [0, 0.05) is 23.6 Å². The highest BCUT2D eigenvalue weighted by molar-refractivity contribution is 5.66. The molecule has 6 nitrogen and oxygen atoms in total. The van der Waals surface area contributed by atoms with Crippen LogP contribution in [0.5, 0.6) is 0 Å². The van der Waals surface area contributed by atoms with E-state index in [-0.39, 0.29) is 16.9 Å². The zero-order valence-corrected chi connectivity index (χ0v) is 13.0. The van der Waals surface area contributed by atoms with Crippen LogP contribution in [-0.4, -0.2) is 24.1 Å². The second kappa shape index (κ2) is 5.70. The van der Waals surface area contributed by atoms with Crippen LogP contribution >= 0.6 is 0 Å². The van der Waals surface area contributed by atoms with Gasteiger partial charge in [-0.15, -0.1) is 0 Å². The number of hydrogen-bond donors (Lipinski definition) is 0. The molecule has 0 bridgehead atoms. The summed E-state index contributed by atoms with van der Waals surface area (Å²) < 4.78 is 42.6. The Kier molecular flexibility index (Phi) is 3.47. The number of nitrogens with zero attached hydrogens (tertiary/aromatic N) is 6. The highest BCUT2D eigenvalue weighted by Gasteiger charge is 2.35. The van der Waals surface area contributed by atoms with Gasteiger partial charge in [0.05, 0.1) is 18.2 Å². The fourth-order valence-electron chi connectivity index (χ4n) is 2.61. The molecule has 9 heteroatoms. The molecule has 4 aromatic rings. The molecule has 128 valence electrons. The summed E-state index contributed by atoms with van der Waals surface area (Å²) >= 11 is 0. The van der Waals surface area contributed by atoms with Crippen LogP contribution in [0.15, 0.2) is 55.2 Å². The number of imidazole rings is 1. The van der Waals surface area contributed by atoms with Crippen LogP contribution in [0.25, 0.3) is 22.6 Å². The molecular weight excluding hydrogens is 345 g/mol. The molecule has 26 heavy (non-hydrogen) atoms. The van der Waals surface area contributed by atoms with E-state index in [9.17, 15) is 13.2 Å². The predicted octanol–water partition coefficient (Wildman–Crippen LogP) is 3.47. The number of benzene rings is 1. The van der Waals surface area contributed by atoms with Gasteiger partial charge in [-0.25, -0.2) is 14.5 Å². The van der Waals surface area contributed by atoms with Crippen molar-refractivity contribution in [3.8, 4) is 23.0 Å². The fraction of sp³-hybridized carbons (Fsp3) is 0.0588. The Labute approximate surface area is 144 Å². The summed E-state index contributed by atoms with van der Waals surface area (Å²) in [4.78, 5) is 8.15. The molecule has 0 unspecified atom stereocenters. The minimum absolute atomic E-state index is 0.0209. The molecule has 0 saturated heterocycles. The third kappa shape index (κ3) is 2.57. The lowest BCUT2D eigenvalue weighted by Gasteiger charge is -2.11. The first-order valence-electron chi connectivity index (χ1n) is 7.42. The molecule has 3 heterocycles. The first kappa shape index (κ1) is 15.8. The number of rotatable bonds is 2. The van der Waals surface area contributed by atoms with Crippen LogP contribution in [0.2, 0.25) is 0 Å². The van der Waals surface area contributed by atoms with Gasteiger partial charge >= 0.3 is 6.18 Å². The quantitative estimate of drug-likeness (QED) is 0.553. The predicted molar refractivity (Wildman–Crippen MR) is 85.3 cm³/mol. The highest BCUT2D eigenvalue weighted by Crippen LogP contribution is 2.32. The molecule has 0 amide bonds. The van der Waals surface area contributed by atoms with E-state index in [1.54, 1.807) is 47.6 Å². The Morgan fingerprint density at radius 2 is 1.88 bits per heavy atom. The molecule has 0 aliphatic rings. The second-order valence-electron chi connectivity index (χ2n) is 5.45. The van der Waals surface area contributed by atoms with Crippen LogP contribution in [0.3, 0.4) is 0 Å². The molecule has 0 N–H and O–H groups in total. The van der Waals surface area contributed by atoms with Crippen molar-refractivity contribution in [2.75, 3.05) is 0 Å². The standard InChI is InChI=1S/C17H9F3N6/c18-17(19,20)15-7-14(24-16-12(8-21)9-23-26(15)16)11-1-3-13(4-2-11)25-6-5-22-10-25/h1-7,9-10H. The third-order valence-electron chi connectivity index (χ3n) is 3.85.